The summed E-state index contributed by atoms with van der Waals surface area (Å²) in [6.07, 6.45) is 7.18. The lowest BCUT2D eigenvalue weighted by molar-refractivity contribution is -0.115. The molecule has 1 atom stereocenters. The normalized spacial score (nSPS) is 26.7. The Morgan fingerprint density at radius 3 is 2.63 bits per heavy atom. The fourth-order valence-electron chi connectivity index (χ4n) is 5.19. The Kier molecular flexibility index (Phi) is 6.11. The second kappa shape index (κ2) is 8.78. The lowest BCUT2D eigenvalue weighted by Crippen LogP contribution is -2.37. The number of carbonyl (C=O) groups is 2. The second-order valence-corrected chi connectivity index (χ2v) is 8.66. The fraction of sp³-hybridized carbons (Fsp3) is 0.565. The molecule has 4 rings (SSSR count). The lowest BCUT2D eigenvalue weighted by atomic mass is 9.88. The van der Waals surface area contributed by atoms with Crippen LogP contribution >= 0.6 is 0 Å². The van der Waals surface area contributed by atoms with Crippen LogP contribution in [0, 0.1) is 0 Å². The Bertz CT molecular complexity index is 858. The molecule has 1 heterocycles. The molecule has 2 fully saturated rings. The van der Waals surface area contributed by atoms with Crippen LogP contribution in [0.15, 0.2) is 29.3 Å². The first-order chi connectivity index (χ1) is 14.5. The number of aliphatic hydroxyl groups excluding tert-OH is 2. The maximum atomic E-state index is 13.2. The van der Waals surface area contributed by atoms with Gasteiger partial charge in [-0.25, -0.2) is 0 Å². The van der Waals surface area contributed by atoms with Crippen molar-refractivity contribution in [2.24, 2.45) is 5.73 Å². The number of fused-ring (bicyclic) bond motifs is 1. The van der Waals surface area contributed by atoms with Gasteiger partial charge in [0, 0.05) is 36.0 Å². The van der Waals surface area contributed by atoms with Crippen molar-refractivity contribution in [3.8, 4) is 0 Å². The van der Waals surface area contributed by atoms with E-state index in [1.807, 2.05) is 11.0 Å². The molecule has 1 aromatic rings. The van der Waals surface area contributed by atoms with E-state index >= 15 is 0 Å². The highest BCUT2D eigenvalue weighted by molar-refractivity contribution is 6.11. The Balaban J connectivity index is 1.64. The minimum Gasteiger partial charge on any atom is -0.396 e. The van der Waals surface area contributed by atoms with Gasteiger partial charge >= 0.3 is 0 Å². The van der Waals surface area contributed by atoms with E-state index in [1.165, 1.54) is 0 Å². The molecule has 2 aliphatic carbocycles. The standard InChI is InChI=1S/C23H31N3O4/c24-22(29)19-10-7-15(13-20(19)25-14-5-8-16(28)9-6-14)26-21-4-2-1-3-17(21)18(11-12-27)23(26)30/h7,10,13-14,16,21,25,27-28H,1-6,8-9,11-12H2,(H2,24,29)/t14-,16-,21?. The molecular formula is C23H31N3O4. The van der Waals surface area contributed by atoms with Gasteiger partial charge in [0.15, 0.2) is 0 Å². The Morgan fingerprint density at radius 2 is 1.93 bits per heavy atom. The Labute approximate surface area is 176 Å². The van der Waals surface area contributed by atoms with Crippen LogP contribution in [0.4, 0.5) is 11.4 Å². The van der Waals surface area contributed by atoms with Crippen LogP contribution in [0.2, 0.25) is 0 Å². The van der Waals surface area contributed by atoms with E-state index in [0.717, 1.165) is 68.2 Å². The summed E-state index contributed by atoms with van der Waals surface area (Å²) in [7, 11) is 0. The summed E-state index contributed by atoms with van der Waals surface area (Å²) >= 11 is 0. The van der Waals surface area contributed by atoms with Gasteiger partial charge in [-0.05, 0) is 68.7 Å². The van der Waals surface area contributed by atoms with Crippen molar-refractivity contribution in [1.29, 1.82) is 0 Å². The molecule has 2 amide bonds. The van der Waals surface area contributed by atoms with Crippen LogP contribution in [0.1, 0.15) is 68.1 Å². The molecule has 2 saturated carbocycles. The predicted octanol–water partition coefficient (Wildman–Crippen LogP) is 2.47. The topological polar surface area (TPSA) is 116 Å². The van der Waals surface area contributed by atoms with Crippen molar-refractivity contribution in [3.63, 3.8) is 0 Å². The van der Waals surface area contributed by atoms with Crippen LogP contribution in [0.25, 0.3) is 0 Å². The summed E-state index contributed by atoms with van der Waals surface area (Å²) in [5.74, 6) is -0.547. The summed E-state index contributed by atoms with van der Waals surface area (Å²) < 4.78 is 0. The number of rotatable bonds is 6. The van der Waals surface area contributed by atoms with E-state index in [4.69, 9.17) is 5.73 Å². The number of primary amides is 1. The van der Waals surface area contributed by atoms with Gasteiger partial charge in [-0.15, -0.1) is 0 Å². The molecule has 7 nitrogen and oxygen atoms in total. The third kappa shape index (κ3) is 3.96. The number of nitrogens with zero attached hydrogens (tertiary/aromatic N) is 1. The van der Waals surface area contributed by atoms with Crippen LogP contribution in [-0.2, 0) is 4.79 Å². The first-order valence-electron chi connectivity index (χ1n) is 11.0. The highest BCUT2D eigenvalue weighted by atomic mass is 16.3. The number of hydrogen-bond acceptors (Lipinski definition) is 5. The van der Waals surface area contributed by atoms with E-state index in [2.05, 4.69) is 5.32 Å². The maximum absolute atomic E-state index is 13.2. The first-order valence-corrected chi connectivity index (χ1v) is 11.0. The number of amides is 2. The number of benzene rings is 1. The van der Waals surface area contributed by atoms with Crippen molar-refractivity contribution in [3.05, 3.63) is 34.9 Å². The zero-order valence-corrected chi connectivity index (χ0v) is 17.3. The average Bonchev–Trinajstić information content (AvgIpc) is 3.01. The average molecular weight is 414 g/mol. The first kappa shape index (κ1) is 20.9. The number of anilines is 2. The summed E-state index contributed by atoms with van der Waals surface area (Å²) in [4.78, 5) is 27.1. The Morgan fingerprint density at radius 1 is 1.17 bits per heavy atom. The molecular weight excluding hydrogens is 382 g/mol. The molecule has 1 aromatic carbocycles. The smallest absolute Gasteiger partial charge is 0.254 e. The van der Waals surface area contributed by atoms with Crippen LogP contribution in [0.5, 0.6) is 0 Å². The number of aliphatic hydroxyl groups is 2. The summed E-state index contributed by atoms with van der Waals surface area (Å²) in [6, 6.07) is 5.53. The van der Waals surface area contributed by atoms with Crippen molar-refractivity contribution in [2.75, 3.05) is 16.8 Å². The van der Waals surface area contributed by atoms with Crippen molar-refractivity contribution < 1.29 is 19.8 Å². The molecule has 0 bridgehead atoms. The Hall–Kier alpha value is -2.38. The number of nitrogens with two attached hydrogens (primary N) is 1. The maximum Gasteiger partial charge on any atom is 0.254 e. The summed E-state index contributed by atoms with van der Waals surface area (Å²) in [5.41, 5.74) is 9.31. The quantitative estimate of drug-likeness (QED) is 0.572. The summed E-state index contributed by atoms with van der Waals surface area (Å²) in [6.45, 7) is -0.0356. The monoisotopic (exact) mass is 413 g/mol. The molecule has 0 saturated heterocycles. The van der Waals surface area contributed by atoms with Gasteiger partial charge in [0.2, 0.25) is 0 Å². The molecule has 1 aliphatic heterocycles. The van der Waals surface area contributed by atoms with Crippen LogP contribution < -0.4 is 16.0 Å². The molecule has 5 N–H and O–H groups in total. The van der Waals surface area contributed by atoms with Crippen molar-refractivity contribution in [2.45, 2.75) is 76.0 Å². The molecule has 0 spiro atoms. The molecule has 1 unspecified atom stereocenters. The van der Waals surface area contributed by atoms with Gasteiger partial charge in [-0.1, -0.05) is 6.42 Å². The highest BCUT2D eigenvalue weighted by Crippen LogP contribution is 2.41. The highest BCUT2D eigenvalue weighted by Gasteiger charge is 2.40. The van der Waals surface area contributed by atoms with Gasteiger partial charge in [0.1, 0.15) is 0 Å². The number of hydrogen-bond donors (Lipinski definition) is 4. The van der Waals surface area contributed by atoms with Crippen molar-refractivity contribution in [1.82, 2.24) is 0 Å². The minimum atomic E-state index is -0.509. The van der Waals surface area contributed by atoms with E-state index in [-0.39, 0.29) is 30.7 Å². The third-order valence-corrected chi connectivity index (χ3v) is 6.72. The molecule has 0 aromatic heterocycles. The fourth-order valence-corrected chi connectivity index (χ4v) is 5.19. The zero-order chi connectivity index (χ0) is 21.3. The molecule has 162 valence electrons. The van der Waals surface area contributed by atoms with Gasteiger partial charge in [-0.2, -0.15) is 0 Å². The van der Waals surface area contributed by atoms with E-state index in [1.54, 1.807) is 12.1 Å². The van der Waals surface area contributed by atoms with Gasteiger partial charge < -0.3 is 26.2 Å². The third-order valence-electron chi connectivity index (χ3n) is 6.72. The van der Waals surface area contributed by atoms with Crippen LogP contribution in [-0.4, -0.2) is 46.8 Å². The number of carbonyl (C=O) groups excluding carboxylic acids is 2. The number of nitrogens with one attached hydrogen (secondary N) is 1. The van der Waals surface area contributed by atoms with E-state index in [9.17, 15) is 19.8 Å². The second-order valence-electron chi connectivity index (χ2n) is 8.66. The zero-order valence-electron chi connectivity index (χ0n) is 17.3. The van der Waals surface area contributed by atoms with Crippen LogP contribution in [0.3, 0.4) is 0 Å². The van der Waals surface area contributed by atoms with Gasteiger partial charge in [-0.3, -0.25) is 9.59 Å². The largest absolute Gasteiger partial charge is 0.396 e. The molecule has 0 radical (unpaired) electrons. The minimum absolute atomic E-state index is 0.0323. The SMILES string of the molecule is NC(=O)c1ccc(N2C(=O)C(CCO)=C3CCCCC32)cc1N[C@H]1CC[C@H](O)CC1. The van der Waals surface area contributed by atoms with E-state index in [0.29, 0.717) is 17.7 Å². The van der Waals surface area contributed by atoms with E-state index < -0.39 is 5.91 Å². The lowest BCUT2D eigenvalue weighted by Gasteiger charge is -2.31. The van der Waals surface area contributed by atoms with Gasteiger partial charge in [0.05, 0.1) is 17.7 Å². The summed E-state index contributed by atoms with van der Waals surface area (Å²) in [5, 5.41) is 22.6. The van der Waals surface area contributed by atoms with Gasteiger partial charge in [0.25, 0.3) is 11.8 Å². The molecule has 30 heavy (non-hydrogen) atoms. The predicted molar refractivity (Wildman–Crippen MR) is 115 cm³/mol. The van der Waals surface area contributed by atoms with Crippen molar-refractivity contribution >= 4 is 23.2 Å². The molecule has 7 heteroatoms. The molecule has 3 aliphatic rings.